The molecule has 1 N–H and O–H groups in total. The van der Waals surface area contributed by atoms with Crippen LogP contribution in [0.2, 0.25) is 0 Å². The fraction of sp³-hybridized carbons (Fsp3) is 0.632. The van der Waals surface area contributed by atoms with E-state index in [-0.39, 0.29) is 24.1 Å². The summed E-state index contributed by atoms with van der Waals surface area (Å²) in [5.41, 5.74) is 0. The third kappa shape index (κ3) is 3.10. The lowest BCUT2D eigenvalue weighted by molar-refractivity contribution is -0.124. The zero-order valence-corrected chi connectivity index (χ0v) is 14.7. The van der Waals surface area contributed by atoms with Gasteiger partial charge >= 0.3 is 0 Å². The molecule has 0 unspecified atom stereocenters. The Morgan fingerprint density at radius 2 is 1.54 bits per heavy atom. The summed E-state index contributed by atoms with van der Waals surface area (Å²) in [5.74, 6) is 2.77. The predicted molar refractivity (Wildman–Crippen MR) is 92.1 cm³/mol. The van der Waals surface area contributed by atoms with Crippen LogP contribution < -0.4 is 5.32 Å². The smallest absolute Gasteiger partial charge is 0.221 e. The van der Waals surface area contributed by atoms with Crippen molar-refractivity contribution in [1.82, 2.24) is 5.32 Å². The number of benzene rings is 1. The van der Waals surface area contributed by atoms with E-state index < -0.39 is 9.84 Å². The summed E-state index contributed by atoms with van der Waals surface area (Å²) in [5, 5.41) is 3.18. The molecular formula is C19H25NO3S. The summed E-state index contributed by atoms with van der Waals surface area (Å²) in [4.78, 5) is 12.6. The maximum Gasteiger partial charge on any atom is 0.221 e. The van der Waals surface area contributed by atoms with Crippen LogP contribution >= 0.6 is 0 Å². The quantitative estimate of drug-likeness (QED) is 0.891. The van der Waals surface area contributed by atoms with Gasteiger partial charge < -0.3 is 5.32 Å². The molecule has 0 saturated heterocycles. The van der Waals surface area contributed by atoms with Gasteiger partial charge in [0.25, 0.3) is 0 Å². The van der Waals surface area contributed by atoms with E-state index in [1.807, 2.05) is 0 Å². The zero-order valence-electron chi connectivity index (χ0n) is 13.9. The van der Waals surface area contributed by atoms with Crippen molar-refractivity contribution in [2.24, 2.45) is 23.7 Å². The average Bonchev–Trinajstić information content (AvgIpc) is 2.56. The largest absolute Gasteiger partial charge is 0.353 e. The van der Waals surface area contributed by atoms with Gasteiger partial charge in [0.15, 0.2) is 9.84 Å². The van der Waals surface area contributed by atoms with Gasteiger partial charge in [0.05, 0.1) is 10.6 Å². The maximum absolute atomic E-state index is 12.3. The molecule has 24 heavy (non-hydrogen) atoms. The summed E-state index contributed by atoms with van der Waals surface area (Å²) in [6.07, 6.45) is 6.45. The summed E-state index contributed by atoms with van der Waals surface area (Å²) < 4.78 is 24.6. The van der Waals surface area contributed by atoms with E-state index in [9.17, 15) is 13.2 Å². The van der Waals surface area contributed by atoms with Gasteiger partial charge in [-0.05, 0) is 67.9 Å². The maximum atomic E-state index is 12.3. The molecular weight excluding hydrogens is 322 g/mol. The van der Waals surface area contributed by atoms with Crippen LogP contribution in [0, 0.1) is 23.7 Å². The average molecular weight is 347 g/mol. The van der Waals surface area contributed by atoms with Gasteiger partial charge in [-0.25, -0.2) is 8.42 Å². The highest BCUT2D eigenvalue weighted by Crippen LogP contribution is 2.53. The van der Waals surface area contributed by atoms with Gasteiger partial charge in [0, 0.05) is 12.5 Å². The van der Waals surface area contributed by atoms with Crippen LogP contribution in [0.4, 0.5) is 0 Å². The highest BCUT2D eigenvalue weighted by molar-refractivity contribution is 7.91. The molecule has 1 aromatic rings. The van der Waals surface area contributed by atoms with E-state index in [2.05, 4.69) is 5.32 Å². The molecule has 1 amide bonds. The second kappa shape index (κ2) is 6.17. The molecule has 0 spiro atoms. The minimum absolute atomic E-state index is 0.0556. The number of carbonyl (C=O) groups excluding carboxylic acids is 1. The Morgan fingerprint density at radius 3 is 2.12 bits per heavy atom. The molecule has 4 fully saturated rings. The van der Waals surface area contributed by atoms with E-state index in [1.165, 1.54) is 32.1 Å². The van der Waals surface area contributed by atoms with Gasteiger partial charge in [0.1, 0.15) is 0 Å². The molecule has 5 rings (SSSR count). The SMILES string of the molecule is O=C(CCS(=O)(=O)c1ccccc1)NC1C2CC3CC(C2)CC1C3. The fourth-order valence-electron chi connectivity index (χ4n) is 5.39. The van der Waals surface area contributed by atoms with Crippen molar-refractivity contribution in [2.45, 2.75) is 49.5 Å². The first-order chi connectivity index (χ1) is 11.5. The van der Waals surface area contributed by atoms with Crippen LogP contribution in [0.3, 0.4) is 0 Å². The summed E-state index contributed by atoms with van der Waals surface area (Å²) in [6, 6.07) is 8.67. The highest BCUT2D eigenvalue weighted by Gasteiger charge is 2.48. The lowest BCUT2D eigenvalue weighted by atomic mass is 9.54. The second-order valence-electron chi connectivity index (χ2n) is 7.91. The molecule has 4 saturated carbocycles. The zero-order chi connectivity index (χ0) is 16.7. The number of nitrogens with one attached hydrogen (secondary N) is 1. The van der Waals surface area contributed by atoms with E-state index in [0.717, 1.165) is 11.8 Å². The highest BCUT2D eigenvalue weighted by atomic mass is 32.2. The van der Waals surface area contributed by atoms with Crippen molar-refractivity contribution < 1.29 is 13.2 Å². The van der Waals surface area contributed by atoms with E-state index in [1.54, 1.807) is 30.3 Å². The standard InChI is InChI=1S/C19H25NO3S/c21-18(6-7-24(22,23)17-4-2-1-3-5-17)20-19-15-9-13-8-14(11-15)12-16(19)10-13/h1-5,13-16,19H,6-12H2,(H,20,21). The Morgan fingerprint density at radius 1 is 0.958 bits per heavy atom. The minimum atomic E-state index is -3.38. The third-order valence-corrected chi connectivity index (χ3v) is 7.99. The van der Waals surface area contributed by atoms with E-state index in [4.69, 9.17) is 0 Å². The van der Waals surface area contributed by atoms with Gasteiger partial charge in [-0.1, -0.05) is 18.2 Å². The summed E-state index contributed by atoms with van der Waals surface area (Å²) in [7, 11) is -3.38. The van der Waals surface area contributed by atoms with Crippen molar-refractivity contribution >= 4 is 15.7 Å². The lowest BCUT2D eigenvalue weighted by Gasteiger charge is -2.54. The second-order valence-corrected chi connectivity index (χ2v) is 10.0. The molecule has 0 atom stereocenters. The molecule has 0 radical (unpaired) electrons. The Balaban J connectivity index is 1.34. The summed E-state index contributed by atoms with van der Waals surface area (Å²) in [6.45, 7) is 0. The number of hydrogen-bond acceptors (Lipinski definition) is 3. The number of hydrogen-bond donors (Lipinski definition) is 1. The van der Waals surface area contributed by atoms with Crippen LogP contribution in [-0.4, -0.2) is 26.1 Å². The molecule has 1 aromatic carbocycles. The third-order valence-electron chi connectivity index (χ3n) is 6.25. The molecule has 0 heterocycles. The van der Waals surface area contributed by atoms with Crippen LogP contribution in [0.15, 0.2) is 35.2 Å². The van der Waals surface area contributed by atoms with Crippen LogP contribution in [0.5, 0.6) is 0 Å². The minimum Gasteiger partial charge on any atom is -0.353 e. The van der Waals surface area contributed by atoms with Crippen molar-refractivity contribution in [2.75, 3.05) is 5.75 Å². The number of sulfone groups is 1. The van der Waals surface area contributed by atoms with E-state index >= 15 is 0 Å². The Hall–Kier alpha value is -1.36. The number of rotatable bonds is 5. The first kappa shape index (κ1) is 16.1. The normalized spacial score (nSPS) is 34.2. The number of carbonyl (C=O) groups is 1. The molecule has 4 bridgehead atoms. The Bertz CT molecular complexity index is 685. The van der Waals surface area contributed by atoms with Crippen molar-refractivity contribution in [3.63, 3.8) is 0 Å². The van der Waals surface area contributed by atoms with Crippen molar-refractivity contribution in [3.05, 3.63) is 30.3 Å². The molecule has 4 aliphatic rings. The van der Waals surface area contributed by atoms with Crippen molar-refractivity contribution in [3.8, 4) is 0 Å². The molecule has 0 aromatic heterocycles. The Kier molecular flexibility index (Phi) is 4.15. The van der Waals surface area contributed by atoms with Crippen LogP contribution in [0.1, 0.15) is 38.5 Å². The molecule has 4 nitrogen and oxygen atoms in total. The van der Waals surface area contributed by atoms with Crippen LogP contribution in [0.25, 0.3) is 0 Å². The summed E-state index contributed by atoms with van der Waals surface area (Å²) >= 11 is 0. The first-order valence-electron chi connectivity index (χ1n) is 9.08. The molecule has 130 valence electrons. The molecule has 5 heteroatoms. The monoisotopic (exact) mass is 347 g/mol. The molecule has 4 aliphatic carbocycles. The topological polar surface area (TPSA) is 63.2 Å². The lowest BCUT2D eigenvalue weighted by Crippen LogP contribution is -2.55. The van der Waals surface area contributed by atoms with Crippen LogP contribution in [-0.2, 0) is 14.6 Å². The Labute approximate surface area is 143 Å². The van der Waals surface area contributed by atoms with Gasteiger partial charge in [-0.3, -0.25) is 4.79 Å². The number of amides is 1. The molecule has 0 aliphatic heterocycles. The van der Waals surface area contributed by atoms with E-state index in [0.29, 0.717) is 16.7 Å². The predicted octanol–water partition coefficient (Wildman–Crippen LogP) is 2.79. The van der Waals surface area contributed by atoms with Gasteiger partial charge in [-0.15, -0.1) is 0 Å². The van der Waals surface area contributed by atoms with Crippen molar-refractivity contribution in [1.29, 1.82) is 0 Å². The van der Waals surface area contributed by atoms with Gasteiger partial charge in [-0.2, -0.15) is 0 Å². The fourth-order valence-corrected chi connectivity index (χ4v) is 6.65. The van der Waals surface area contributed by atoms with Gasteiger partial charge in [0.2, 0.25) is 5.91 Å². The first-order valence-corrected chi connectivity index (χ1v) is 10.7.